The van der Waals surface area contributed by atoms with Crippen molar-refractivity contribution in [2.24, 2.45) is 5.10 Å². The largest absolute Gasteiger partial charge is 0.492 e. The molecule has 1 aromatic heterocycles. The number of hydrogen-bond acceptors (Lipinski definition) is 6. The van der Waals surface area contributed by atoms with Crippen LogP contribution in [0.15, 0.2) is 28.1 Å². The van der Waals surface area contributed by atoms with Gasteiger partial charge in [-0.1, -0.05) is 11.6 Å². The quantitative estimate of drug-likeness (QED) is 0.561. The molecule has 0 aliphatic rings. The molecule has 25 heavy (non-hydrogen) atoms. The van der Waals surface area contributed by atoms with Gasteiger partial charge in [0.1, 0.15) is 11.4 Å². The Labute approximate surface area is 152 Å². The van der Waals surface area contributed by atoms with E-state index in [-0.39, 0.29) is 23.3 Å². The van der Waals surface area contributed by atoms with Crippen LogP contribution in [0, 0.1) is 4.77 Å². The highest BCUT2D eigenvalue weighted by Crippen LogP contribution is 2.24. The Morgan fingerprint density at radius 3 is 2.96 bits per heavy atom. The first kappa shape index (κ1) is 18.8. The number of ether oxygens (including phenoxy) is 1. The zero-order valence-electron chi connectivity index (χ0n) is 13.2. The number of nitrogens with one attached hydrogen (secondary N) is 1. The van der Waals surface area contributed by atoms with Crippen LogP contribution in [0.2, 0.25) is 5.02 Å². The molecule has 0 radical (unpaired) electrons. The second kappa shape index (κ2) is 8.54. The van der Waals surface area contributed by atoms with E-state index in [1.165, 1.54) is 6.21 Å². The molecule has 132 valence electrons. The Balaban J connectivity index is 2.30. The summed E-state index contributed by atoms with van der Waals surface area (Å²) in [5.41, 5.74) is 0.106. The van der Waals surface area contributed by atoms with Crippen molar-refractivity contribution >= 4 is 36.0 Å². The molecule has 2 rings (SSSR count). The van der Waals surface area contributed by atoms with E-state index in [1.807, 2.05) is 6.92 Å². The lowest BCUT2D eigenvalue weighted by Crippen LogP contribution is -2.25. The highest BCUT2D eigenvalue weighted by Gasteiger charge is 2.09. The number of halogens is 1. The maximum atomic E-state index is 12.3. The normalized spacial score (nSPS) is 11.0. The van der Waals surface area contributed by atoms with Gasteiger partial charge in [-0.15, -0.1) is 0 Å². The predicted octanol–water partition coefficient (Wildman–Crippen LogP) is 2.25. The van der Waals surface area contributed by atoms with Gasteiger partial charge in [0.15, 0.2) is 0 Å². The summed E-state index contributed by atoms with van der Waals surface area (Å²) in [6.07, 6.45) is 1.17. The van der Waals surface area contributed by atoms with E-state index in [0.717, 1.165) is 4.68 Å². The van der Waals surface area contributed by atoms with E-state index in [9.17, 15) is 9.59 Å². The van der Waals surface area contributed by atoms with Crippen LogP contribution in [0.1, 0.15) is 24.6 Å². The number of carbonyl (C=O) groups is 1. The number of hydrogen-bond donors (Lipinski definition) is 2. The van der Waals surface area contributed by atoms with E-state index >= 15 is 0 Å². The fourth-order valence-corrected chi connectivity index (χ4v) is 2.33. The second-order valence-corrected chi connectivity index (χ2v) is 5.65. The lowest BCUT2D eigenvalue weighted by molar-refractivity contribution is -0.136. The molecule has 0 atom stereocenters. The van der Waals surface area contributed by atoms with Crippen LogP contribution < -0.4 is 10.3 Å². The summed E-state index contributed by atoms with van der Waals surface area (Å²) in [5.74, 6) is -0.474. The average Bonchev–Trinajstić information content (AvgIpc) is 2.56. The summed E-state index contributed by atoms with van der Waals surface area (Å²) >= 11 is 11.1. The van der Waals surface area contributed by atoms with Crippen molar-refractivity contribution in [3.8, 4) is 5.75 Å². The number of rotatable bonds is 7. The third kappa shape index (κ3) is 4.97. The highest BCUT2D eigenvalue weighted by atomic mass is 35.5. The van der Waals surface area contributed by atoms with Crippen LogP contribution >= 0.6 is 23.8 Å². The first-order valence-corrected chi connectivity index (χ1v) is 8.10. The molecule has 2 N–H and O–H groups in total. The number of aliphatic carboxylic acids is 1. The Kier molecular flexibility index (Phi) is 6.43. The fourth-order valence-electron chi connectivity index (χ4n) is 1.91. The number of aryl methyl sites for hydroxylation is 1. The molecule has 2 aromatic rings. The molecule has 0 amide bonds. The van der Waals surface area contributed by atoms with E-state index in [4.69, 9.17) is 33.7 Å². The summed E-state index contributed by atoms with van der Waals surface area (Å²) in [5, 5.41) is 19.4. The molecule has 0 bridgehead atoms. The van der Waals surface area contributed by atoms with Crippen LogP contribution in [-0.2, 0) is 11.2 Å². The number of aromatic amines is 1. The van der Waals surface area contributed by atoms with Gasteiger partial charge in [-0.05, 0) is 42.9 Å². The van der Waals surface area contributed by atoms with Gasteiger partial charge in [0, 0.05) is 6.42 Å². The SMILES string of the molecule is CCOc1ccc(/C=N\n2c(=S)[nH]nc(CCC(=O)O)c2=O)cc1Cl. The van der Waals surface area contributed by atoms with Crippen LogP contribution in [0.5, 0.6) is 5.75 Å². The van der Waals surface area contributed by atoms with Gasteiger partial charge < -0.3 is 9.84 Å². The first-order chi connectivity index (χ1) is 11.9. The van der Waals surface area contributed by atoms with Crippen LogP contribution in [0.4, 0.5) is 0 Å². The molecule has 0 fully saturated rings. The standard InChI is InChI=1S/C15H15ClN4O4S/c1-2-24-12-5-3-9(7-10(12)16)8-17-20-14(23)11(4-6-13(21)22)18-19-15(20)25/h3,5,7-8H,2,4,6H2,1H3,(H,19,25)(H,21,22)/b17-8-. The number of aromatic nitrogens is 3. The summed E-state index contributed by atoms with van der Waals surface area (Å²) in [6, 6.07) is 5.06. The summed E-state index contributed by atoms with van der Waals surface area (Å²) < 4.78 is 6.29. The van der Waals surface area contributed by atoms with Gasteiger partial charge in [-0.2, -0.15) is 14.9 Å². The Morgan fingerprint density at radius 2 is 2.32 bits per heavy atom. The molecular formula is C15H15ClN4O4S. The molecular weight excluding hydrogens is 368 g/mol. The smallest absolute Gasteiger partial charge is 0.303 e. The minimum Gasteiger partial charge on any atom is -0.492 e. The molecule has 1 aromatic carbocycles. The van der Waals surface area contributed by atoms with Gasteiger partial charge >= 0.3 is 5.97 Å². The number of carboxylic acid groups (broad SMARTS) is 1. The Morgan fingerprint density at radius 1 is 1.56 bits per heavy atom. The summed E-state index contributed by atoms with van der Waals surface area (Å²) in [4.78, 5) is 22.9. The van der Waals surface area contributed by atoms with Crippen molar-refractivity contribution in [2.45, 2.75) is 19.8 Å². The van der Waals surface area contributed by atoms with E-state index in [2.05, 4.69) is 15.3 Å². The minimum atomic E-state index is -1.03. The Hall–Kier alpha value is -2.52. The average molecular weight is 383 g/mol. The molecule has 1 heterocycles. The van der Waals surface area contributed by atoms with Crippen molar-refractivity contribution in [1.82, 2.24) is 14.9 Å². The highest BCUT2D eigenvalue weighted by molar-refractivity contribution is 7.71. The number of benzene rings is 1. The third-order valence-electron chi connectivity index (χ3n) is 3.07. The molecule has 8 nitrogen and oxygen atoms in total. The first-order valence-electron chi connectivity index (χ1n) is 7.31. The van der Waals surface area contributed by atoms with Gasteiger partial charge in [-0.3, -0.25) is 14.7 Å². The van der Waals surface area contributed by atoms with Crippen molar-refractivity contribution in [2.75, 3.05) is 6.61 Å². The summed E-state index contributed by atoms with van der Waals surface area (Å²) in [7, 11) is 0. The number of H-pyrrole nitrogens is 1. The van der Waals surface area contributed by atoms with Crippen molar-refractivity contribution in [3.05, 3.63) is 49.6 Å². The van der Waals surface area contributed by atoms with Crippen molar-refractivity contribution in [1.29, 1.82) is 0 Å². The van der Waals surface area contributed by atoms with Crippen LogP contribution in [0.25, 0.3) is 0 Å². The van der Waals surface area contributed by atoms with Gasteiger partial charge in [0.2, 0.25) is 4.77 Å². The van der Waals surface area contributed by atoms with Gasteiger partial charge in [-0.25, -0.2) is 0 Å². The zero-order valence-corrected chi connectivity index (χ0v) is 14.8. The monoisotopic (exact) mass is 382 g/mol. The summed E-state index contributed by atoms with van der Waals surface area (Å²) in [6.45, 7) is 2.35. The molecule has 0 saturated heterocycles. The predicted molar refractivity (Wildman–Crippen MR) is 95.3 cm³/mol. The van der Waals surface area contributed by atoms with Gasteiger partial charge in [0.25, 0.3) is 5.56 Å². The zero-order chi connectivity index (χ0) is 18.4. The maximum absolute atomic E-state index is 12.3. The molecule has 0 aliphatic carbocycles. The van der Waals surface area contributed by atoms with Gasteiger partial charge in [0.05, 0.1) is 24.3 Å². The van der Waals surface area contributed by atoms with E-state index in [1.54, 1.807) is 18.2 Å². The lowest BCUT2D eigenvalue weighted by Gasteiger charge is -2.05. The molecule has 0 aliphatic heterocycles. The number of carboxylic acids is 1. The molecule has 0 saturated carbocycles. The van der Waals surface area contributed by atoms with Crippen molar-refractivity contribution < 1.29 is 14.6 Å². The minimum absolute atomic E-state index is 0.00245. The maximum Gasteiger partial charge on any atom is 0.303 e. The van der Waals surface area contributed by atoms with Crippen LogP contribution in [-0.4, -0.2) is 38.8 Å². The lowest BCUT2D eigenvalue weighted by atomic mass is 10.2. The number of nitrogens with zero attached hydrogens (tertiary/aromatic N) is 3. The van der Waals surface area contributed by atoms with E-state index < -0.39 is 11.5 Å². The Bertz CT molecular complexity index is 922. The van der Waals surface area contributed by atoms with E-state index in [0.29, 0.717) is 22.9 Å². The second-order valence-electron chi connectivity index (χ2n) is 4.85. The molecule has 0 spiro atoms. The van der Waals surface area contributed by atoms with Crippen LogP contribution in [0.3, 0.4) is 0 Å². The molecule has 0 unspecified atom stereocenters. The fraction of sp³-hybridized carbons (Fsp3) is 0.267. The van der Waals surface area contributed by atoms with Crippen molar-refractivity contribution in [3.63, 3.8) is 0 Å². The third-order valence-corrected chi connectivity index (χ3v) is 3.63. The molecule has 10 heteroatoms. The topological polar surface area (TPSA) is 110 Å².